The van der Waals surface area contributed by atoms with Crippen LogP contribution in [0.4, 0.5) is 10.1 Å². The van der Waals surface area contributed by atoms with Crippen molar-refractivity contribution < 1.29 is 33.3 Å². The van der Waals surface area contributed by atoms with Crippen LogP contribution in [0.2, 0.25) is 0 Å². The average Bonchev–Trinajstić information content (AvgIpc) is 3.64. The highest BCUT2D eigenvalue weighted by Gasteiger charge is 2.48. The highest BCUT2D eigenvalue weighted by Crippen LogP contribution is 2.48. The van der Waals surface area contributed by atoms with Gasteiger partial charge in [0.05, 0.1) is 19.1 Å². The van der Waals surface area contributed by atoms with Crippen molar-refractivity contribution in [2.75, 3.05) is 31.8 Å². The van der Waals surface area contributed by atoms with Gasteiger partial charge in [0.2, 0.25) is 18.4 Å². The quantitative estimate of drug-likeness (QED) is 0.224. The summed E-state index contributed by atoms with van der Waals surface area (Å²) in [5.74, 6) is -2.43. The summed E-state index contributed by atoms with van der Waals surface area (Å²) >= 11 is 0. The van der Waals surface area contributed by atoms with Gasteiger partial charge in [-0.25, -0.2) is 4.39 Å². The fourth-order valence-corrected chi connectivity index (χ4v) is 6.45. The van der Waals surface area contributed by atoms with Gasteiger partial charge >= 0.3 is 5.97 Å². The van der Waals surface area contributed by atoms with Crippen molar-refractivity contribution in [2.45, 2.75) is 65.3 Å². The number of rotatable bonds is 12. The Kier molecular flexibility index (Phi) is 9.74. The maximum Gasteiger partial charge on any atom is 0.309 e. The molecule has 1 unspecified atom stereocenters. The third-order valence-corrected chi connectivity index (χ3v) is 8.57. The van der Waals surface area contributed by atoms with Crippen molar-refractivity contribution >= 4 is 17.6 Å². The van der Waals surface area contributed by atoms with Gasteiger partial charge in [-0.05, 0) is 72.7 Å². The van der Waals surface area contributed by atoms with Gasteiger partial charge in [0.15, 0.2) is 11.6 Å². The number of ether oxygens (including phenoxy) is 3. The van der Waals surface area contributed by atoms with E-state index in [9.17, 15) is 14.7 Å². The lowest BCUT2D eigenvalue weighted by molar-refractivity contribution is -0.143. The molecular formula is C35H41FN2O6. The predicted molar refractivity (Wildman–Crippen MR) is 166 cm³/mol. The summed E-state index contributed by atoms with van der Waals surface area (Å²) in [7, 11) is 0. The molecule has 1 fully saturated rings. The molecule has 8 nitrogen and oxygen atoms in total. The second-order valence-corrected chi connectivity index (χ2v) is 11.6. The third kappa shape index (κ3) is 6.53. The van der Waals surface area contributed by atoms with Gasteiger partial charge in [-0.1, -0.05) is 57.0 Å². The number of likely N-dealkylation sites (tertiary alicyclic amines) is 1. The predicted octanol–water partition coefficient (Wildman–Crippen LogP) is 6.65. The maximum absolute atomic E-state index is 15.0. The lowest BCUT2D eigenvalue weighted by Gasteiger charge is -2.27. The van der Waals surface area contributed by atoms with Crippen LogP contribution in [-0.2, 0) is 22.4 Å². The van der Waals surface area contributed by atoms with E-state index in [2.05, 4.69) is 38.2 Å². The molecule has 2 heterocycles. The molecule has 0 saturated carbocycles. The van der Waals surface area contributed by atoms with Crippen molar-refractivity contribution in [3.8, 4) is 17.2 Å². The third-order valence-electron chi connectivity index (χ3n) is 8.57. The van der Waals surface area contributed by atoms with Crippen molar-refractivity contribution in [1.29, 1.82) is 0 Å². The Morgan fingerprint density at radius 2 is 1.73 bits per heavy atom. The number of carboxylic acid groups (broad SMARTS) is 1. The fourth-order valence-electron chi connectivity index (χ4n) is 6.45. The molecule has 0 spiro atoms. The Hall–Kier alpha value is -4.11. The number of nitrogens with one attached hydrogen (secondary N) is 1. The minimum atomic E-state index is -1.02. The summed E-state index contributed by atoms with van der Waals surface area (Å²) < 4.78 is 31.5. The topological polar surface area (TPSA) is 97.3 Å². The molecule has 1 saturated heterocycles. The zero-order chi connectivity index (χ0) is 31.4. The molecular weight excluding hydrogens is 563 g/mol. The van der Waals surface area contributed by atoms with Gasteiger partial charge in [-0.2, -0.15) is 0 Å². The summed E-state index contributed by atoms with van der Waals surface area (Å²) in [6, 6.07) is 13.9. The smallest absolute Gasteiger partial charge is 0.309 e. The van der Waals surface area contributed by atoms with E-state index >= 15 is 4.39 Å². The first kappa shape index (κ1) is 31.3. The van der Waals surface area contributed by atoms with Crippen LogP contribution in [0.15, 0.2) is 48.5 Å². The van der Waals surface area contributed by atoms with Crippen LogP contribution in [0.25, 0.3) is 0 Å². The van der Waals surface area contributed by atoms with E-state index in [0.29, 0.717) is 17.9 Å². The van der Waals surface area contributed by atoms with Crippen LogP contribution in [0.3, 0.4) is 0 Å². The maximum atomic E-state index is 15.0. The van der Waals surface area contributed by atoms with E-state index in [1.54, 1.807) is 6.07 Å². The summed E-state index contributed by atoms with van der Waals surface area (Å²) in [5, 5.41) is 13.7. The Balaban J connectivity index is 1.48. The first-order valence-electron chi connectivity index (χ1n) is 15.4. The number of anilines is 1. The van der Waals surface area contributed by atoms with Crippen LogP contribution < -0.4 is 19.5 Å². The van der Waals surface area contributed by atoms with Gasteiger partial charge < -0.3 is 24.6 Å². The zero-order valence-corrected chi connectivity index (χ0v) is 25.8. The molecule has 0 aromatic heterocycles. The SMILES string of the molecule is CCCCOc1ccc([C@H]2C(C(=O)O)[C@@H](c3cc(F)c4c(c3)OCO4)CN2CC(=O)Nc2c(CC)cc(C)cc2CC)cc1. The number of hydrogen-bond donors (Lipinski definition) is 2. The normalized spacial score (nSPS) is 19.2. The van der Waals surface area contributed by atoms with E-state index in [1.807, 2.05) is 36.1 Å². The lowest BCUT2D eigenvalue weighted by Crippen LogP contribution is -2.35. The van der Waals surface area contributed by atoms with E-state index in [1.165, 1.54) is 6.07 Å². The number of unbranched alkanes of at least 4 members (excludes halogenated alkanes) is 1. The number of aryl methyl sites for hydroxylation is 3. The van der Waals surface area contributed by atoms with Crippen LogP contribution in [-0.4, -0.2) is 48.4 Å². The van der Waals surface area contributed by atoms with E-state index < -0.39 is 29.7 Å². The lowest BCUT2D eigenvalue weighted by atomic mass is 9.82. The van der Waals surface area contributed by atoms with Gasteiger partial charge in [0, 0.05) is 24.2 Å². The summed E-state index contributed by atoms with van der Waals surface area (Å²) in [6.45, 7) is 8.96. The Morgan fingerprint density at radius 3 is 2.36 bits per heavy atom. The molecule has 0 radical (unpaired) electrons. The van der Waals surface area contributed by atoms with Crippen molar-refractivity contribution in [3.05, 3.63) is 82.2 Å². The monoisotopic (exact) mass is 604 g/mol. The van der Waals surface area contributed by atoms with Crippen molar-refractivity contribution in [2.24, 2.45) is 5.92 Å². The minimum absolute atomic E-state index is 0.0293. The number of amides is 1. The molecule has 0 aliphatic carbocycles. The Labute approximate surface area is 258 Å². The number of hydrogen-bond acceptors (Lipinski definition) is 6. The summed E-state index contributed by atoms with van der Waals surface area (Å²) in [6.07, 6.45) is 3.48. The van der Waals surface area contributed by atoms with E-state index in [-0.39, 0.29) is 37.3 Å². The molecule has 234 valence electrons. The van der Waals surface area contributed by atoms with Gasteiger partial charge in [-0.3, -0.25) is 14.5 Å². The first-order valence-corrected chi connectivity index (χ1v) is 15.4. The van der Waals surface area contributed by atoms with Crippen molar-refractivity contribution in [1.82, 2.24) is 4.90 Å². The first-order chi connectivity index (χ1) is 21.2. The second-order valence-electron chi connectivity index (χ2n) is 11.6. The molecule has 3 aromatic rings. The summed E-state index contributed by atoms with van der Waals surface area (Å²) in [4.78, 5) is 28.5. The van der Waals surface area contributed by atoms with Gasteiger partial charge in [0.25, 0.3) is 0 Å². The minimum Gasteiger partial charge on any atom is -0.494 e. The van der Waals surface area contributed by atoms with E-state index in [4.69, 9.17) is 14.2 Å². The zero-order valence-electron chi connectivity index (χ0n) is 25.8. The summed E-state index contributed by atoms with van der Waals surface area (Å²) in [5.41, 5.74) is 5.32. The van der Waals surface area contributed by atoms with Gasteiger partial charge in [0.1, 0.15) is 5.75 Å². The number of carbonyl (C=O) groups is 2. The van der Waals surface area contributed by atoms with Gasteiger partial charge in [-0.15, -0.1) is 0 Å². The molecule has 5 rings (SSSR count). The van der Waals surface area contributed by atoms with Crippen LogP contribution in [0.1, 0.15) is 73.4 Å². The molecule has 1 amide bonds. The number of nitrogens with zero attached hydrogens (tertiary/aromatic N) is 1. The van der Waals surface area contributed by atoms with Crippen molar-refractivity contribution in [3.63, 3.8) is 0 Å². The number of benzene rings is 3. The van der Waals surface area contributed by atoms with Crippen LogP contribution in [0.5, 0.6) is 17.2 Å². The number of fused-ring (bicyclic) bond motifs is 1. The molecule has 2 N–H and O–H groups in total. The largest absolute Gasteiger partial charge is 0.494 e. The number of aliphatic carboxylic acids is 1. The highest BCUT2D eigenvalue weighted by atomic mass is 19.1. The fraction of sp³-hybridized carbons (Fsp3) is 0.429. The second kappa shape index (κ2) is 13.7. The molecule has 44 heavy (non-hydrogen) atoms. The Morgan fingerprint density at radius 1 is 1.02 bits per heavy atom. The average molecular weight is 605 g/mol. The molecule has 3 atom stereocenters. The number of halogens is 1. The molecule has 9 heteroatoms. The standard InChI is InChI=1S/C35H41FN2O6/c1-5-8-13-42-26-11-9-24(10-12-26)33-31(35(40)41)27(25-16-28(36)34-29(17-25)43-20-44-34)18-38(33)19-30(39)37-32-22(6-2)14-21(4)15-23(32)7-3/h9-12,14-17,27,31,33H,5-8,13,18-20H2,1-4H3,(H,37,39)(H,40,41)/t27-,31?,33+/m1/s1. The molecule has 2 aliphatic heterocycles. The molecule has 2 aliphatic rings. The van der Waals surface area contributed by atoms with Crippen LogP contribution >= 0.6 is 0 Å². The molecule has 3 aromatic carbocycles. The Bertz CT molecular complexity index is 1480. The number of carboxylic acids is 1. The molecule has 0 bridgehead atoms. The van der Waals surface area contributed by atoms with E-state index in [0.717, 1.165) is 53.6 Å². The van der Waals surface area contributed by atoms with Crippen LogP contribution in [0, 0.1) is 18.7 Å². The highest BCUT2D eigenvalue weighted by molar-refractivity contribution is 5.94. The number of carbonyl (C=O) groups excluding carboxylic acids is 1.